The number of carbonyl (C=O) groups is 1. The minimum Gasteiger partial charge on any atom is -0.394 e. The van der Waals surface area contributed by atoms with E-state index in [1.54, 1.807) is 11.4 Å². The van der Waals surface area contributed by atoms with Gasteiger partial charge in [-0.15, -0.1) is 11.3 Å². The molecule has 1 rings (SSSR count). The van der Waals surface area contributed by atoms with E-state index in [0.717, 1.165) is 16.6 Å². The van der Waals surface area contributed by atoms with Crippen LogP contribution in [0.5, 0.6) is 0 Å². The van der Waals surface area contributed by atoms with Gasteiger partial charge in [-0.25, -0.2) is 0 Å². The normalized spacial score (nSPS) is 11.5. The highest BCUT2D eigenvalue weighted by Gasteiger charge is 2.27. The second kappa shape index (κ2) is 5.80. The first-order chi connectivity index (χ1) is 7.56. The van der Waals surface area contributed by atoms with Gasteiger partial charge in [-0.05, 0) is 34.8 Å². The molecule has 0 aliphatic rings. The molecule has 0 atom stereocenters. The van der Waals surface area contributed by atoms with E-state index in [9.17, 15) is 9.90 Å². The number of aliphatic hydroxyl groups is 1. The third-order valence-corrected chi connectivity index (χ3v) is 4.37. The van der Waals surface area contributed by atoms with Gasteiger partial charge >= 0.3 is 0 Å². The Morgan fingerprint density at radius 3 is 2.56 bits per heavy atom. The summed E-state index contributed by atoms with van der Waals surface area (Å²) in [5.74, 6) is -0.125. The Morgan fingerprint density at radius 2 is 2.19 bits per heavy atom. The van der Waals surface area contributed by atoms with Crippen molar-refractivity contribution >= 4 is 33.2 Å². The van der Waals surface area contributed by atoms with E-state index in [0.29, 0.717) is 5.56 Å². The zero-order chi connectivity index (χ0) is 12.2. The summed E-state index contributed by atoms with van der Waals surface area (Å²) < 4.78 is 0.931. The van der Waals surface area contributed by atoms with Crippen LogP contribution in [0.4, 0.5) is 0 Å². The molecule has 0 spiro atoms. The molecule has 3 nitrogen and oxygen atoms in total. The Kier molecular flexibility index (Phi) is 4.95. The molecule has 1 heterocycles. The molecule has 1 aromatic heterocycles. The average Bonchev–Trinajstić information content (AvgIpc) is 2.73. The number of hydrogen-bond acceptors (Lipinski definition) is 3. The lowest BCUT2D eigenvalue weighted by Crippen LogP contribution is -2.50. The molecule has 1 amide bonds. The molecule has 0 aromatic carbocycles. The van der Waals surface area contributed by atoms with Gasteiger partial charge in [0.25, 0.3) is 5.91 Å². The van der Waals surface area contributed by atoms with Gasteiger partial charge in [-0.1, -0.05) is 13.8 Å². The van der Waals surface area contributed by atoms with Crippen LogP contribution in [0.25, 0.3) is 0 Å². The molecule has 0 aliphatic heterocycles. The Morgan fingerprint density at radius 1 is 1.56 bits per heavy atom. The van der Waals surface area contributed by atoms with Crippen LogP contribution in [-0.4, -0.2) is 23.2 Å². The highest BCUT2D eigenvalue weighted by molar-refractivity contribution is 9.11. The average molecular weight is 306 g/mol. The monoisotopic (exact) mass is 305 g/mol. The fourth-order valence-electron chi connectivity index (χ4n) is 1.43. The second-order valence-electron chi connectivity index (χ2n) is 3.74. The van der Waals surface area contributed by atoms with E-state index in [2.05, 4.69) is 21.2 Å². The van der Waals surface area contributed by atoms with E-state index < -0.39 is 5.54 Å². The van der Waals surface area contributed by atoms with E-state index in [4.69, 9.17) is 0 Å². The fourth-order valence-corrected chi connectivity index (χ4v) is 2.57. The SMILES string of the molecule is CCC(CC)(CO)NC(=O)c1csc(Br)c1. The number of nitrogens with one attached hydrogen (secondary N) is 1. The lowest BCUT2D eigenvalue weighted by Gasteiger charge is -2.30. The summed E-state index contributed by atoms with van der Waals surface area (Å²) >= 11 is 4.80. The van der Waals surface area contributed by atoms with Crippen LogP contribution in [0.1, 0.15) is 37.0 Å². The molecular formula is C11H16BrNO2S. The summed E-state index contributed by atoms with van der Waals surface area (Å²) in [4.78, 5) is 11.9. The number of thiophene rings is 1. The van der Waals surface area contributed by atoms with Crippen molar-refractivity contribution in [3.05, 3.63) is 20.8 Å². The summed E-state index contributed by atoms with van der Waals surface area (Å²) in [5, 5.41) is 14.1. The summed E-state index contributed by atoms with van der Waals surface area (Å²) in [5.41, 5.74) is 0.141. The molecule has 0 fully saturated rings. The van der Waals surface area contributed by atoms with Crippen LogP contribution in [0.3, 0.4) is 0 Å². The topological polar surface area (TPSA) is 49.3 Å². The number of halogens is 1. The van der Waals surface area contributed by atoms with Crippen LogP contribution in [0.2, 0.25) is 0 Å². The second-order valence-corrected chi connectivity index (χ2v) is 6.03. The molecule has 16 heavy (non-hydrogen) atoms. The lowest BCUT2D eigenvalue weighted by atomic mass is 9.93. The first-order valence-electron chi connectivity index (χ1n) is 5.24. The minimum atomic E-state index is -0.495. The molecule has 2 N–H and O–H groups in total. The molecule has 1 aromatic rings. The minimum absolute atomic E-state index is 0.0307. The lowest BCUT2D eigenvalue weighted by molar-refractivity contribution is 0.0818. The standard InChI is InChI=1S/C11H16BrNO2S/c1-3-11(4-2,7-14)13-10(15)8-5-9(12)16-6-8/h5-6,14H,3-4,7H2,1-2H3,(H,13,15). The number of rotatable bonds is 5. The summed E-state index contributed by atoms with van der Waals surface area (Å²) in [7, 11) is 0. The maximum absolute atomic E-state index is 11.9. The highest BCUT2D eigenvalue weighted by atomic mass is 79.9. The van der Waals surface area contributed by atoms with Gasteiger partial charge < -0.3 is 10.4 Å². The van der Waals surface area contributed by atoms with Crippen LogP contribution < -0.4 is 5.32 Å². The van der Waals surface area contributed by atoms with Gasteiger partial charge in [0.15, 0.2) is 0 Å². The van der Waals surface area contributed by atoms with Gasteiger partial charge in [0.1, 0.15) is 0 Å². The molecule has 0 radical (unpaired) electrons. The molecule has 90 valence electrons. The molecule has 0 aliphatic carbocycles. The predicted molar refractivity (Wildman–Crippen MR) is 69.9 cm³/mol. The van der Waals surface area contributed by atoms with Crippen molar-refractivity contribution in [1.29, 1.82) is 0 Å². The van der Waals surface area contributed by atoms with Gasteiger partial charge in [0.2, 0.25) is 0 Å². The largest absolute Gasteiger partial charge is 0.394 e. The van der Waals surface area contributed by atoms with Gasteiger partial charge in [-0.3, -0.25) is 4.79 Å². The smallest absolute Gasteiger partial charge is 0.252 e. The summed E-state index contributed by atoms with van der Waals surface area (Å²) in [6.07, 6.45) is 1.44. The van der Waals surface area contributed by atoms with E-state index in [-0.39, 0.29) is 12.5 Å². The van der Waals surface area contributed by atoms with Crippen LogP contribution in [-0.2, 0) is 0 Å². The fraction of sp³-hybridized carbons (Fsp3) is 0.545. The molecule has 0 unspecified atom stereocenters. The number of aliphatic hydroxyl groups excluding tert-OH is 1. The Bertz CT molecular complexity index is 352. The molecular weight excluding hydrogens is 290 g/mol. The maximum Gasteiger partial charge on any atom is 0.252 e. The van der Waals surface area contributed by atoms with Gasteiger partial charge in [-0.2, -0.15) is 0 Å². The van der Waals surface area contributed by atoms with Crippen molar-refractivity contribution in [3.8, 4) is 0 Å². The van der Waals surface area contributed by atoms with E-state index >= 15 is 0 Å². The van der Waals surface area contributed by atoms with Crippen LogP contribution in [0.15, 0.2) is 15.2 Å². The maximum atomic E-state index is 11.9. The number of carbonyl (C=O) groups excluding carboxylic acids is 1. The van der Waals surface area contributed by atoms with Crippen LogP contribution >= 0.6 is 27.3 Å². The van der Waals surface area contributed by atoms with Crippen molar-refractivity contribution in [2.75, 3.05) is 6.61 Å². The van der Waals surface area contributed by atoms with Crippen molar-refractivity contribution in [1.82, 2.24) is 5.32 Å². The van der Waals surface area contributed by atoms with Gasteiger partial charge in [0.05, 0.1) is 21.5 Å². The van der Waals surface area contributed by atoms with Gasteiger partial charge in [0, 0.05) is 5.38 Å². The highest BCUT2D eigenvalue weighted by Crippen LogP contribution is 2.22. The summed E-state index contributed by atoms with van der Waals surface area (Å²) in [6.45, 7) is 3.89. The Balaban J connectivity index is 2.76. The first kappa shape index (κ1) is 13.7. The number of hydrogen-bond donors (Lipinski definition) is 2. The van der Waals surface area contributed by atoms with Crippen LogP contribution in [0, 0.1) is 0 Å². The number of amides is 1. The Labute approximate surface area is 108 Å². The zero-order valence-corrected chi connectivity index (χ0v) is 11.8. The molecule has 0 bridgehead atoms. The predicted octanol–water partition coefficient (Wildman–Crippen LogP) is 2.79. The van der Waals surface area contributed by atoms with E-state index in [1.807, 2.05) is 13.8 Å². The third-order valence-electron chi connectivity index (χ3n) is 2.86. The zero-order valence-electron chi connectivity index (χ0n) is 9.42. The van der Waals surface area contributed by atoms with Crippen molar-refractivity contribution in [2.45, 2.75) is 32.2 Å². The van der Waals surface area contributed by atoms with Crippen molar-refractivity contribution in [3.63, 3.8) is 0 Å². The molecule has 5 heteroatoms. The molecule has 0 saturated heterocycles. The first-order valence-corrected chi connectivity index (χ1v) is 6.91. The third kappa shape index (κ3) is 3.06. The quantitative estimate of drug-likeness (QED) is 0.879. The van der Waals surface area contributed by atoms with Crippen molar-refractivity contribution in [2.24, 2.45) is 0 Å². The van der Waals surface area contributed by atoms with Crippen molar-refractivity contribution < 1.29 is 9.90 Å². The molecule has 0 saturated carbocycles. The summed E-state index contributed by atoms with van der Waals surface area (Å²) in [6, 6.07) is 1.79. The Hall–Kier alpha value is -0.390. The van der Waals surface area contributed by atoms with E-state index in [1.165, 1.54) is 11.3 Å².